The van der Waals surface area contributed by atoms with Crippen molar-refractivity contribution in [3.05, 3.63) is 51.5 Å². The molecule has 178 valence electrons. The van der Waals surface area contributed by atoms with Gasteiger partial charge in [0.05, 0.1) is 24.2 Å². The molecule has 1 saturated heterocycles. The highest BCUT2D eigenvalue weighted by atomic mass is 32.1. The molecule has 1 aliphatic heterocycles. The summed E-state index contributed by atoms with van der Waals surface area (Å²) in [5.74, 6) is -3.94. The van der Waals surface area contributed by atoms with E-state index in [0.717, 1.165) is 10.5 Å². The largest absolute Gasteiger partial charge is 0.352 e. The lowest BCUT2D eigenvalue weighted by Gasteiger charge is -2.19. The minimum absolute atomic E-state index is 0.0973. The number of rotatable bonds is 8. The highest BCUT2D eigenvalue weighted by Gasteiger charge is 2.47. The van der Waals surface area contributed by atoms with Crippen LogP contribution in [0.2, 0.25) is 0 Å². The summed E-state index contributed by atoms with van der Waals surface area (Å²) in [6, 6.07) is 7.67. The number of carbonyl (C=O) groups excluding carboxylic acids is 3. The van der Waals surface area contributed by atoms with Crippen LogP contribution in [0, 0.1) is 17.2 Å². The number of alkyl halides is 2. The van der Waals surface area contributed by atoms with Gasteiger partial charge in [-0.2, -0.15) is 5.26 Å². The first kappa shape index (κ1) is 23.8. The minimum atomic E-state index is -3.11. The molecule has 1 aromatic carbocycles. The maximum atomic E-state index is 13.5. The number of nitriles is 1. The van der Waals surface area contributed by atoms with Gasteiger partial charge in [-0.3, -0.25) is 14.4 Å². The molecule has 0 unspecified atom stereocenters. The van der Waals surface area contributed by atoms with Crippen molar-refractivity contribution in [1.82, 2.24) is 20.5 Å². The summed E-state index contributed by atoms with van der Waals surface area (Å²) in [6.45, 7) is -0.620. The lowest BCUT2D eigenvalue weighted by molar-refractivity contribution is -0.131. The predicted octanol–water partition coefficient (Wildman–Crippen LogP) is 2.36. The number of aromatic nitrogens is 1. The Labute approximate surface area is 199 Å². The Balaban J connectivity index is 1.27. The quantitative estimate of drug-likeness (QED) is 0.593. The average Bonchev–Trinajstić information content (AvgIpc) is 3.44. The molecule has 8 nitrogen and oxygen atoms in total. The molecule has 2 N–H and O–H groups in total. The summed E-state index contributed by atoms with van der Waals surface area (Å²) in [7, 11) is 0. The molecule has 3 amide bonds. The lowest BCUT2D eigenvalue weighted by atomic mass is 10.1. The molecule has 2 aliphatic rings. The number of likely N-dealkylation sites (tertiary alicyclic amines) is 1. The van der Waals surface area contributed by atoms with Crippen molar-refractivity contribution in [2.24, 2.45) is 5.92 Å². The van der Waals surface area contributed by atoms with Crippen molar-refractivity contribution in [2.75, 3.05) is 19.6 Å². The number of amides is 3. The number of benzene rings is 1. The molecule has 1 aromatic heterocycles. The fourth-order valence-electron chi connectivity index (χ4n) is 3.65. The molecular weight excluding hydrogens is 464 g/mol. The molecule has 0 spiro atoms. The SMILES string of the molecule is N#C[C@@H]1CC(F)(F)CN1C(=O)CNC(=O)c1csc(Cc2ccc(C(=O)NCC3CC3)cc2)n1. The summed E-state index contributed by atoms with van der Waals surface area (Å²) in [4.78, 5) is 41.8. The van der Waals surface area contributed by atoms with E-state index in [1.165, 1.54) is 24.2 Å². The van der Waals surface area contributed by atoms with E-state index in [2.05, 4.69) is 15.6 Å². The first-order chi connectivity index (χ1) is 16.2. The summed E-state index contributed by atoms with van der Waals surface area (Å²) >= 11 is 1.28. The van der Waals surface area contributed by atoms with Gasteiger partial charge in [0, 0.05) is 30.3 Å². The van der Waals surface area contributed by atoms with Crippen LogP contribution in [0.25, 0.3) is 0 Å². The highest BCUT2D eigenvalue weighted by molar-refractivity contribution is 7.09. The zero-order valence-electron chi connectivity index (χ0n) is 18.2. The summed E-state index contributed by atoms with van der Waals surface area (Å²) in [6.07, 6.45) is 2.10. The van der Waals surface area contributed by atoms with Gasteiger partial charge < -0.3 is 15.5 Å². The van der Waals surface area contributed by atoms with Gasteiger partial charge in [0.1, 0.15) is 11.7 Å². The second kappa shape index (κ2) is 9.85. The Morgan fingerprint density at radius 1 is 1.18 bits per heavy atom. The second-order valence-electron chi connectivity index (χ2n) is 8.56. The van der Waals surface area contributed by atoms with Crippen LogP contribution >= 0.6 is 11.3 Å². The van der Waals surface area contributed by atoms with Gasteiger partial charge in [0.25, 0.3) is 17.7 Å². The Morgan fingerprint density at radius 2 is 1.91 bits per heavy atom. The fraction of sp³-hybridized carbons (Fsp3) is 0.435. The summed E-state index contributed by atoms with van der Waals surface area (Å²) in [5, 5.41) is 16.5. The van der Waals surface area contributed by atoms with Crippen LogP contribution in [-0.2, 0) is 11.2 Å². The fourth-order valence-corrected chi connectivity index (χ4v) is 4.46. The van der Waals surface area contributed by atoms with E-state index >= 15 is 0 Å². The van der Waals surface area contributed by atoms with Gasteiger partial charge in [-0.1, -0.05) is 12.1 Å². The highest BCUT2D eigenvalue weighted by Crippen LogP contribution is 2.31. The standard InChI is InChI=1S/C23H23F2N5O3S/c24-23(25)8-17(9-26)30(13-23)20(31)11-28-22(33)18-12-34-19(29-18)7-14-3-5-16(6-4-14)21(32)27-10-15-1-2-15/h3-6,12,15,17H,1-2,7-8,10-11,13H2,(H,27,32)(H,28,33)/t17-/m0/s1. The molecular formula is C23H23F2N5O3S. The number of carbonyl (C=O) groups is 3. The van der Waals surface area contributed by atoms with Crippen molar-refractivity contribution < 1.29 is 23.2 Å². The third kappa shape index (κ3) is 5.94. The van der Waals surface area contributed by atoms with E-state index < -0.39 is 43.3 Å². The van der Waals surface area contributed by atoms with Crippen LogP contribution in [0.1, 0.15) is 50.7 Å². The lowest BCUT2D eigenvalue weighted by Crippen LogP contribution is -2.43. The van der Waals surface area contributed by atoms with Crippen LogP contribution in [0.5, 0.6) is 0 Å². The van der Waals surface area contributed by atoms with E-state index in [9.17, 15) is 23.2 Å². The van der Waals surface area contributed by atoms with Gasteiger partial charge in [-0.15, -0.1) is 11.3 Å². The number of thiazole rings is 1. The molecule has 2 fully saturated rings. The van der Waals surface area contributed by atoms with E-state index in [4.69, 9.17) is 5.26 Å². The molecule has 1 aliphatic carbocycles. The van der Waals surface area contributed by atoms with Gasteiger partial charge in [-0.25, -0.2) is 13.8 Å². The van der Waals surface area contributed by atoms with E-state index in [1.807, 2.05) is 12.1 Å². The van der Waals surface area contributed by atoms with Crippen molar-refractivity contribution in [3.63, 3.8) is 0 Å². The topological polar surface area (TPSA) is 115 Å². The third-order valence-corrected chi connectivity index (χ3v) is 6.59. The van der Waals surface area contributed by atoms with E-state index in [-0.39, 0.29) is 11.6 Å². The van der Waals surface area contributed by atoms with Crippen LogP contribution in [0.3, 0.4) is 0 Å². The smallest absolute Gasteiger partial charge is 0.271 e. The monoisotopic (exact) mass is 487 g/mol. The maximum Gasteiger partial charge on any atom is 0.271 e. The second-order valence-corrected chi connectivity index (χ2v) is 9.51. The minimum Gasteiger partial charge on any atom is -0.352 e. The van der Waals surface area contributed by atoms with Gasteiger partial charge in [0.15, 0.2) is 0 Å². The Kier molecular flexibility index (Phi) is 6.88. The zero-order chi connectivity index (χ0) is 24.3. The van der Waals surface area contributed by atoms with Crippen molar-refractivity contribution in [1.29, 1.82) is 5.26 Å². The average molecular weight is 488 g/mol. The van der Waals surface area contributed by atoms with Gasteiger partial charge >= 0.3 is 0 Å². The summed E-state index contributed by atoms with van der Waals surface area (Å²) < 4.78 is 27.0. The number of halogens is 2. The van der Waals surface area contributed by atoms with Crippen LogP contribution in [0.15, 0.2) is 29.6 Å². The molecule has 4 rings (SSSR count). The number of nitrogens with one attached hydrogen (secondary N) is 2. The van der Waals surface area contributed by atoms with Gasteiger partial charge in [-0.05, 0) is 36.5 Å². The van der Waals surface area contributed by atoms with E-state index in [0.29, 0.717) is 29.5 Å². The van der Waals surface area contributed by atoms with Crippen LogP contribution < -0.4 is 10.6 Å². The Bertz CT molecular complexity index is 1120. The molecule has 2 aromatic rings. The number of hydrogen-bond acceptors (Lipinski definition) is 6. The van der Waals surface area contributed by atoms with Crippen LogP contribution in [0.4, 0.5) is 8.78 Å². The van der Waals surface area contributed by atoms with E-state index in [1.54, 1.807) is 23.6 Å². The number of nitrogens with zero attached hydrogens (tertiary/aromatic N) is 3. The first-order valence-electron chi connectivity index (χ1n) is 10.9. The molecule has 34 heavy (non-hydrogen) atoms. The summed E-state index contributed by atoms with van der Waals surface area (Å²) in [5.41, 5.74) is 1.63. The van der Waals surface area contributed by atoms with Crippen LogP contribution in [-0.4, -0.2) is 59.2 Å². The Hall–Kier alpha value is -3.39. The first-order valence-corrected chi connectivity index (χ1v) is 11.8. The molecule has 1 atom stereocenters. The molecule has 1 saturated carbocycles. The normalized spacial score (nSPS) is 18.9. The maximum absolute atomic E-state index is 13.5. The van der Waals surface area contributed by atoms with Crippen molar-refractivity contribution >= 4 is 29.1 Å². The predicted molar refractivity (Wildman–Crippen MR) is 119 cm³/mol. The zero-order valence-corrected chi connectivity index (χ0v) is 19.0. The third-order valence-electron chi connectivity index (χ3n) is 5.74. The van der Waals surface area contributed by atoms with Gasteiger partial charge in [0.2, 0.25) is 5.91 Å². The molecule has 2 heterocycles. The molecule has 11 heteroatoms. The Morgan fingerprint density at radius 3 is 2.59 bits per heavy atom. The number of hydrogen-bond donors (Lipinski definition) is 2. The van der Waals surface area contributed by atoms with Crippen molar-refractivity contribution in [3.8, 4) is 6.07 Å². The van der Waals surface area contributed by atoms with Crippen molar-refractivity contribution in [2.45, 2.75) is 37.6 Å². The molecule has 0 radical (unpaired) electrons. The molecule has 0 bridgehead atoms.